The Morgan fingerprint density at radius 1 is 0.865 bits per heavy atom. The highest BCUT2D eigenvalue weighted by molar-refractivity contribution is 6.08. The quantitative estimate of drug-likeness (QED) is 0.390. The number of hydrogen-bond acceptors (Lipinski definition) is 5. The van der Waals surface area contributed by atoms with Gasteiger partial charge < -0.3 is 20.3 Å². The first-order chi connectivity index (χ1) is 17.8. The Morgan fingerprint density at radius 3 is 2.35 bits per heavy atom. The maximum absolute atomic E-state index is 14.6. The van der Waals surface area contributed by atoms with Gasteiger partial charge in [0.25, 0.3) is 0 Å². The van der Waals surface area contributed by atoms with Crippen molar-refractivity contribution in [3.63, 3.8) is 0 Å². The summed E-state index contributed by atoms with van der Waals surface area (Å²) in [6, 6.07) is 8.90. The summed E-state index contributed by atoms with van der Waals surface area (Å²) in [6.07, 6.45) is 2.62. The normalized spacial score (nSPS) is 12.7. The van der Waals surface area contributed by atoms with Crippen molar-refractivity contribution in [2.24, 2.45) is 0 Å². The first-order valence-electron chi connectivity index (χ1n) is 11.3. The van der Waals surface area contributed by atoms with E-state index in [1.165, 1.54) is 30.5 Å². The summed E-state index contributed by atoms with van der Waals surface area (Å²) in [6.45, 7) is 1.35. The van der Waals surface area contributed by atoms with Crippen LogP contribution < -0.4 is 20.7 Å². The molecule has 1 aliphatic rings. The fourth-order valence-corrected chi connectivity index (χ4v) is 3.58. The highest BCUT2D eigenvalue weighted by Gasteiger charge is 2.18. The molecule has 4 rings (SSSR count). The minimum Gasteiger partial charge on any atom is -0.454 e. The van der Waals surface area contributed by atoms with E-state index in [9.17, 15) is 27.6 Å². The lowest BCUT2D eigenvalue weighted by Crippen LogP contribution is -2.32. The fraction of sp³-hybridized carbons (Fsp3) is 0.200. The van der Waals surface area contributed by atoms with Gasteiger partial charge in [-0.05, 0) is 43.2 Å². The lowest BCUT2D eigenvalue weighted by Gasteiger charge is -2.16. The van der Waals surface area contributed by atoms with Gasteiger partial charge >= 0.3 is 6.03 Å². The summed E-state index contributed by atoms with van der Waals surface area (Å²) >= 11 is 0. The molecule has 0 aliphatic carbocycles. The molecule has 1 saturated heterocycles. The molecule has 4 amide bonds. The maximum atomic E-state index is 14.6. The van der Waals surface area contributed by atoms with E-state index in [1.54, 1.807) is 4.90 Å². The molecule has 1 aromatic heterocycles. The van der Waals surface area contributed by atoms with Crippen LogP contribution in [-0.2, 0) is 9.59 Å². The van der Waals surface area contributed by atoms with Crippen LogP contribution in [0, 0.1) is 17.5 Å². The number of ether oxygens (including phenoxy) is 1. The molecular formula is C25H22F3N5O4. The van der Waals surface area contributed by atoms with E-state index in [1.807, 2.05) is 0 Å². The highest BCUT2D eigenvalue weighted by atomic mass is 19.1. The number of hydrogen-bond donors (Lipinski definition) is 3. The minimum absolute atomic E-state index is 0.0592. The second-order valence-corrected chi connectivity index (χ2v) is 8.15. The van der Waals surface area contributed by atoms with Gasteiger partial charge in [0.2, 0.25) is 11.8 Å². The monoisotopic (exact) mass is 513 g/mol. The highest BCUT2D eigenvalue weighted by Crippen LogP contribution is 2.28. The van der Waals surface area contributed by atoms with Crippen LogP contribution in [0.15, 0.2) is 54.7 Å². The van der Waals surface area contributed by atoms with Crippen LogP contribution in [0.25, 0.3) is 0 Å². The van der Waals surface area contributed by atoms with E-state index in [0.29, 0.717) is 19.2 Å². The van der Waals surface area contributed by atoms with Gasteiger partial charge in [0.05, 0.1) is 5.69 Å². The molecule has 0 radical (unpaired) electrons. The molecule has 1 aliphatic heterocycles. The van der Waals surface area contributed by atoms with Crippen LogP contribution >= 0.6 is 0 Å². The minimum atomic E-state index is -0.985. The second kappa shape index (κ2) is 11.4. The van der Waals surface area contributed by atoms with Crippen molar-refractivity contribution < 1.29 is 32.3 Å². The largest absolute Gasteiger partial charge is 0.454 e. The van der Waals surface area contributed by atoms with Crippen LogP contribution in [0.3, 0.4) is 0 Å². The molecule has 2 aromatic carbocycles. The molecule has 0 unspecified atom stereocenters. The molecule has 0 atom stereocenters. The van der Waals surface area contributed by atoms with Gasteiger partial charge in [-0.1, -0.05) is 0 Å². The summed E-state index contributed by atoms with van der Waals surface area (Å²) < 4.78 is 46.8. The van der Waals surface area contributed by atoms with Gasteiger partial charge in [-0.15, -0.1) is 0 Å². The Bertz CT molecular complexity index is 1330. The number of nitrogens with zero attached hydrogens (tertiary/aromatic N) is 2. The number of benzene rings is 2. The maximum Gasteiger partial charge on any atom is 0.323 e. The molecule has 2 heterocycles. The number of halogens is 3. The van der Waals surface area contributed by atoms with Crippen molar-refractivity contribution in [1.82, 2.24) is 9.88 Å². The van der Waals surface area contributed by atoms with Crippen molar-refractivity contribution in [1.29, 1.82) is 0 Å². The third-order valence-electron chi connectivity index (χ3n) is 5.33. The summed E-state index contributed by atoms with van der Waals surface area (Å²) in [7, 11) is 0. The standard InChI is InChI=1S/C25H22F3N5O4/c26-15-3-5-20(18(27)11-15)31-24(35)14-23(34)30-16-4-6-21(19(28)12-16)37-17-7-8-29-22(13-17)32-25(36)33-9-1-2-10-33/h3-8,11-13H,1-2,9-10,14H2,(H,30,34)(H,31,35)(H,29,32,36). The first kappa shape index (κ1) is 25.5. The van der Waals surface area contributed by atoms with Crippen molar-refractivity contribution in [2.75, 3.05) is 29.0 Å². The summed E-state index contributed by atoms with van der Waals surface area (Å²) in [5, 5.41) is 7.20. The average molecular weight is 513 g/mol. The number of aromatic nitrogens is 1. The number of rotatable bonds is 7. The molecule has 0 spiro atoms. The van der Waals surface area contributed by atoms with Gasteiger partial charge in [0.15, 0.2) is 11.6 Å². The predicted molar refractivity (Wildman–Crippen MR) is 129 cm³/mol. The van der Waals surface area contributed by atoms with E-state index in [-0.39, 0.29) is 34.7 Å². The zero-order chi connectivity index (χ0) is 26.4. The van der Waals surface area contributed by atoms with E-state index in [4.69, 9.17) is 4.74 Å². The molecule has 1 fully saturated rings. The van der Waals surface area contributed by atoms with Crippen LogP contribution in [0.4, 0.5) is 35.2 Å². The predicted octanol–water partition coefficient (Wildman–Crippen LogP) is 4.89. The molecule has 12 heteroatoms. The van der Waals surface area contributed by atoms with E-state index in [0.717, 1.165) is 31.0 Å². The number of nitrogens with one attached hydrogen (secondary N) is 3. The van der Waals surface area contributed by atoms with Gasteiger partial charge in [-0.3, -0.25) is 14.9 Å². The Labute approximate surface area is 209 Å². The summed E-state index contributed by atoms with van der Waals surface area (Å²) in [5.41, 5.74) is -0.217. The van der Waals surface area contributed by atoms with Crippen molar-refractivity contribution in [3.8, 4) is 11.5 Å². The summed E-state index contributed by atoms with van der Waals surface area (Å²) in [5.74, 6) is -3.88. The molecule has 0 bridgehead atoms. The Kier molecular flexibility index (Phi) is 7.86. The lowest BCUT2D eigenvalue weighted by molar-refractivity contribution is -0.123. The Balaban J connectivity index is 1.32. The van der Waals surface area contributed by atoms with Gasteiger partial charge in [-0.25, -0.2) is 22.9 Å². The van der Waals surface area contributed by atoms with Crippen LogP contribution in [0.2, 0.25) is 0 Å². The number of carbonyl (C=O) groups excluding carboxylic acids is 3. The molecule has 192 valence electrons. The van der Waals surface area contributed by atoms with E-state index in [2.05, 4.69) is 20.9 Å². The average Bonchev–Trinajstić information content (AvgIpc) is 3.38. The number of amides is 4. The molecule has 9 nitrogen and oxygen atoms in total. The Morgan fingerprint density at radius 2 is 1.62 bits per heavy atom. The zero-order valence-corrected chi connectivity index (χ0v) is 19.4. The smallest absolute Gasteiger partial charge is 0.323 e. The van der Waals surface area contributed by atoms with Crippen molar-refractivity contribution in [2.45, 2.75) is 19.3 Å². The molecule has 0 saturated carbocycles. The Hall–Kier alpha value is -4.61. The molecule has 3 aromatic rings. The number of urea groups is 1. The van der Waals surface area contributed by atoms with Crippen LogP contribution in [-0.4, -0.2) is 40.8 Å². The van der Waals surface area contributed by atoms with Gasteiger partial charge in [0, 0.05) is 43.2 Å². The SMILES string of the molecule is O=C(CC(=O)Nc1ccc(F)cc1F)Nc1ccc(Oc2ccnc(NC(=O)N3CCCC3)c2)c(F)c1. The number of pyridine rings is 1. The van der Waals surface area contributed by atoms with Crippen molar-refractivity contribution >= 4 is 35.0 Å². The lowest BCUT2D eigenvalue weighted by atomic mass is 10.2. The zero-order valence-electron chi connectivity index (χ0n) is 19.4. The van der Waals surface area contributed by atoms with Gasteiger partial charge in [0.1, 0.15) is 29.6 Å². The van der Waals surface area contributed by atoms with Crippen molar-refractivity contribution in [3.05, 3.63) is 72.2 Å². The third-order valence-corrected chi connectivity index (χ3v) is 5.33. The van der Waals surface area contributed by atoms with E-state index >= 15 is 0 Å². The molecular weight excluding hydrogens is 491 g/mol. The summed E-state index contributed by atoms with van der Waals surface area (Å²) in [4.78, 5) is 42.1. The third kappa shape index (κ3) is 6.97. The first-order valence-corrected chi connectivity index (χ1v) is 11.3. The second-order valence-electron chi connectivity index (χ2n) is 8.15. The van der Waals surface area contributed by atoms with Crippen LogP contribution in [0.5, 0.6) is 11.5 Å². The molecule has 37 heavy (non-hydrogen) atoms. The van der Waals surface area contributed by atoms with E-state index < -0.39 is 35.7 Å². The number of carbonyl (C=O) groups is 3. The molecule has 3 N–H and O–H groups in total. The number of likely N-dealkylation sites (tertiary alicyclic amines) is 1. The topological polar surface area (TPSA) is 113 Å². The van der Waals surface area contributed by atoms with Gasteiger partial charge in [-0.2, -0.15) is 0 Å². The fourth-order valence-electron chi connectivity index (χ4n) is 3.58. The number of anilines is 3. The van der Waals surface area contributed by atoms with Crippen LogP contribution in [0.1, 0.15) is 19.3 Å².